The zero-order valence-electron chi connectivity index (χ0n) is 11.6. The average molecular weight is 290 g/mol. The van der Waals surface area contributed by atoms with Crippen molar-refractivity contribution in [3.8, 4) is 0 Å². The van der Waals surface area contributed by atoms with Gasteiger partial charge in [-0.15, -0.1) is 0 Å². The molecule has 2 rings (SSSR count). The molecule has 110 valence electrons. The van der Waals surface area contributed by atoms with Crippen LogP contribution in [0.25, 0.3) is 0 Å². The first-order valence-electron chi connectivity index (χ1n) is 6.63. The van der Waals surface area contributed by atoms with Crippen molar-refractivity contribution in [3.05, 3.63) is 65.2 Å². The Balaban J connectivity index is 2.33. The second kappa shape index (κ2) is 6.35. The lowest BCUT2D eigenvalue weighted by Crippen LogP contribution is -2.15. The number of nitrogens with two attached hydrogens (primary N) is 1. The summed E-state index contributed by atoms with van der Waals surface area (Å²) in [7, 11) is 0. The molecule has 0 aliphatic carbocycles. The number of primary amides is 1. The summed E-state index contributed by atoms with van der Waals surface area (Å²) in [6.45, 7) is 1.86. The molecule has 0 radical (unpaired) electrons. The van der Waals surface area contributed by atoms with Gasteiger partial charge in [0.25, 0.3) is 0 Å². The highest BCUT2D eigenvalue weighted by Crippen LogP contribution is 2.26. The molecule has 1 unspecified atom stereocenters. The van der Waals surface area contributed by atoms with Crippen LogP contribution in [0.2, 0.25) is 0 Å². The summed E-state index contributed by atoms with van der Waals surface area (Å²) in [4.78, 5) is 11.2. The molecule has 3 nitrogen and oxygen atoms in total. The second-order valence-electron chi connectivity index (χ2n) is 4.69. The summed E-state index contributed by atoms with van der Waals surface area (Å²) in [5.74, 6) is -1.52. The lowest BCUT2D eigenvalue weighted by molar-refractivity contribution is 0.100. The summed E-state index contributed by atoms with van der Waals surface area (Å²) >= 11 is 0. The van der Waals surface area contributed by atoms with Gasteiger partial charge in [0.1, 0.15) is 11.6 Å². The summed E-state index contributed by atoms with van der Waals surface area (Å²) in [5.41, 5.74) is 5.95. The number of rotatable bonds is 5. The normalized spacial score (nSPS) is 12.0. The molecule has 2 aromatic carbocycles. The highest BCUT2D eigenvalue weighted by molar-refractivity contribution is 5.93. The Hall–Kier alpha value is -2.43. The summed E-state index contributed by atoms with van der Waals surface area (Å²) < 4.78 is 27.7. The van der Waals surface area contributed by atoms with Gasteiger partial charge in [0.2, 0.25) is 5.91 Å². The molecule has 0 fully saturated rings. The fraction of sp³-hybridized carbons (Fsp3) is 0.188. The van der Waals surface area contributed by atoms with Gasteiger partial charge >= 0.3 is 0 Å². The van der Waals surface area contributed by atoms with Crippen molar-refractivity contribution in [1.82, 2.24) is 0 Å². The van der Waals surface area contributed by atoms with Gasteiger partial charge < -0.3 is 11.1 Å². The lowest BCUT2D eigenvalue weighted by atomic mass is 10.0. The minimum Gasteiger partial charge on any atom is -0.376 e. The van der Waals surface area contributed by atoms with Crippen molar-refractivity contribution < 1.29 is 13.6 Å². The van der Waals surface area contributed by atoms with Crippen LogP contribution >= 0.6 is 0 Å². The fourth-order valence-electron chi connectivity index (χ4n) is 2.13. The number of hydrogen-bond acceptors (Lipinski definition) is 2. The topological polar surface area (TPSA) is 55.1 Å². The van der Waals surface area contributed by atoms with Crippen molar-refractivity contribution in [2.45, 2.75) is 19.4 Å². The Kier molecular flexibility index (Phi) is 4.52. The number of halogens is 2. The van der Waals surface area contributed by atoms with Crippen molar-refractivity contribution >= 4 is 11.6 Å². The van der Waals surface area contributed by atoms with E-state index in [1.54, 1.807) is 18.2 Å². The maximum absolute atomic E-state index is 13.8. The van der Waals surface area contributed by atoms with Crippen LogP contribution in [-0.4, -0.2) is 5.91 Å². The monoisotopic (exact) mass is 290 g/mol. The first kappa shape index (κ1) is 15.0. The van der Waals surface area contributed by atoms with E-state index in [0.717, 1.165) is 6.07 Å². The van der Waals surface area contributed by atoms with Crippen LogP contribution in [0.15, 0.2) is 42.5 Å². The van der Waals surface area contributed by atoms with E-state index in [2.05, 4.69) is 5.32 Å². The maximum atomic E-state index is 13.8. The van der Waals surface area contributed by atoms with E-state index >= 15 is 0 Å². The van der Waals surface area contributed by atoms with E-state index in [1.165, 1.54) is 18.2 Å². The number of anilines is 1. The quantitative estimate of drug-likeness (QED) is 0.883. The van der Waals surface area contributed by atoms with Crippen LogP contribution in [0, 0.1) is 11.6 Å². The minimum absolute atomic E-state index is 0.126. The Morgan fingerprint density at radius 2 is 1.90 bits per heavy atom. The number of hydrogen-bond donors (Lipinski definition) is 2. The van der Waals surface area contributed by atoms with E-state index in [-0.39, 0.29) is 17.1 Å². The Labute approximate surface area is 121 Å². The molecule has 0 bridgehead atoms. The van der Waals surface area contributed by atoms with Crippen LogP contribution in [0.4, 0.5) is 14.5 Å². The SMILES string of the molecule is CCC(Nc1cc(C(N)=O)ccc1F)c1ccccc1F. The third-order valence-electron chi connectivity index (χ3n) is 3.27. The zero-order chi connectivity index (χ0) is 15.4. The van der Waals surface area contributed by atoms with Gasteiger partial charge in [0.05, 0.1) is 11.7 Å². The van der Waals surface area contributed by atoms with Crippen molar-refractivity contribution in [3.63, 3.8) is 0 Å². The third-order valence-corrected chi connectivity index (χ3v) is 3.27. The van der Waals surface area contributed by atoms with Gasteiger partial charge in [-0.05, 0) is 30.7 Å². The Bertz CT molecular complexity index is 658. The smallest absolute Gasteiger partial charge is 0.248 e. The van der Waals surface area contributed by atoms with Gasteiger partial charge in [-0.3, -0.25) is 4.79 Å². The first-order chi connectivity index (χ1) is 10.0. The van der Waals surface area contributed by atoms with Crippen molar-refractivity contribution in [1.29, 1.82) is 0 Å². The molecular formula is C16H16F2N2O. The molecule has 0 aliphatic rings. The highest BCUT2D eigenvalue weighted by atomic mass is 19.1. The van der Waals surface area contributed by atoms with Gasteiger partial charge in [-0.2, -0.15) is 0 Å². The summed E-state index contributed by atoms with van der Waals surface area (Å²) in [6.07, 6.45) is 0.557. The van der Waals surface area contributed by atoms with E-state index in [4.69, 9.17) is 5.73 Å². The molecule has 3 N–H and O–H groups in total. The molecule has 5 heteroatoms. The van der Waals surface area contributed by atoms with Crippen molar-refractivity contribution in [2.75, 3.05) is 5.32 Å². The number of benzene rings is 2. The zero-order valence-corrected chi connectivity index (χ0v) is 11.6. The van der Waals surface area contributed by atoms with Crippen LogP contribution in [0.1, 0.15) is 35.3 Å². The van der Waals surface area contributed by atoms with Gasteiger partial charge in [-0.25, -0.2) is 8.78 Å². The molecule has 0 aliphatic heterocycles. The molecule has 21 heavy (non-hydrogen) atoms. The van der Waals surface area contributed by atoms with Crippen molar-refractivity contribution in [2.24, 2.45) is 5.73 Å². The second-order valence-corrected chi connectivity index (χ2v) is 4.69. The Morgan fingerprint density at radius 3 is 2.52 bits per heavy atom. The van der Waals surface area contributed by atoms with Crippen LogP contribution in [0.5, 0.6) is 0 Å². The van der Waals surface area contributed by atoms with Gasteiger partial charge in [0.15, 0.2) is 0 Å². The van der Waals surface area contributed by atoms with Crippen LogP contribution in [0.3, 0.4) is 0 Å². The molecule has 2 aromatic rings. The van der Waals surface area contributed by atoms with Gasteiger partial charge in [-0.1, -0.05) is 25.1 Å². The van der Waals surface area contributed by atoms with Gasteiger partial charge in [0, 0.05) is 11.1 Å². The summed E-state index contributed by atoms with van der Waals surface area (Å²) in [5, 5.41) is 2.93. The molecule has 0 saturated carbocycles. The van der Waals surface area contributed by atoms with Crippen LogP contribution < -0.4 is 11.1 Å². The lowest BCUT2D eigenvalue weighted by Gasteiger charge is -2.20. The molecular weight excluding hydrogens is 274 g/mol. The number of nitrogens with one attached hydrogen (secondary N) is 1. The number of carbonyl (C=O) groups excluding carboxylic acids is 1. The molecule has 1 amide bonds. The molecule has 0 aromatic heterocycles. The fourth-order valence-corrected chi connectivity index (χ4v) is 2.13. The standard InChI is InChI=1S/C16H16F2N2O/c1-2-14(11-5-3-4-6-12(11)17)20-15-9-10(16(19)21)7-8-13(15)18/h3-9,14,20H,2H2,1H3,(H2,19,21). The first-order valence-corrected chi connectivity index (χ1v) is 6.63. The third kappa shape index (κ3) is 3.37. The number of carbonyl (C=O) groups is 1. The van der Waals surface area contributed by atoms with Crippen LogP contribution in [-0.2, 0) is 0 Å². The van der Waals surface area contributed by atoms with E-state index in [1.807, 2.05) is 6.92 Å². The minimum atomic E-state index is -0.642. The molecule has 0 saturated heterocycles. The van der Waals surface area contributed by atoms with E-state index < -0.39 is 17.8 Å². The highest BCUT2D eigenvalue weighted by Gasteiger charge is 2.16. The Morgan fingerprint density at radius 1 is 1.19 bits per heavy atom. The van der Waals surface area contributed by atoms with E-state index in [0.29, 0.717) is 12.0 Å². The largest absolute Gasteiger partial charge is 0.376 e. The molecule has 0 heterocycles. The molecule has 0 spiro atoms. The van der Waals surface area contributed by atoms with E-state index in [9.17, 15) is 13.6 Å². The number of amides is 1. The molecule has 1 atom stereocenters. The summed E-state index contributed by atoms with van der Waals surface area (Å²) in [6, 6.07) is 9.73. The average Bonchev–Trinajstić information content (AvgIpc) is 2.47. The predicted octanol–water partition coefficient (Wildman–Crippen LogP) is 3.63. The predicted molar refractivity (Wildman–Crippen MR) is 78.0 cm³/mol. The maximum Gasteiger partial charge on any atom is 0.248 e.